The van der Waals surface area contributed by atoms with Gasteiger partial charge in [0.2, 0.25) is 0 Å². The molecular weight excluding hydrogens is 275 g/mol. The summed E-state index contributed by atoms with van der Waals surface area (Å²) < 4.78 is 38.1. The smallest absolute Gasteiger partial charge is 0.320 e. The lowest BCUT2D eigenvalue weighted by Crippen LogP contribution is -2.15. The van der Waals surface area contributed by atoms with Crippen LogP contribution in [0.1, 0.15) is 39.4 Å². The maximum absolute atomic E-state index is 12.7. The molecule has 0 bridgehead atoms. The van der Waals surface area contributed by atoms with Crippen molar-refractivity contribution in [3.63, 3.8) is 0 Å². The fourth-order valence-electron chi connectivity index (χ4n) is 2.54. The molecule has 0 radical (unpaired) electrons. The van der Waals surface area contributed by atoms with Crippen LogP contribution in [0.15, 0.2) is 36.4 Å². The van der Waals surface area contributed by atoms with E-state index >= 15 is 0 Å². The SMILES string of the molecule is Cc1ccc(C(N)c2ccc(C(F)(F)F)cc2C)c(C)c1. The molecule has 4 heteroatoms. The van der Waals surface area contributed by atoms with Crippen molar-refractivity contribution in [1.29, 1.82) is 0 Å². The van der Waals surface area contributed by atoms with E-state index in [9.17, 15) is 13.2 Å². The highest BCUT2D eigenvalue weighted by atomic mass is 19.4. The Morgan fingerprint density at radius 1 is 0.857 bits per heavy atom. The Bertz CT molecular complexity index is 660. The third-order valence-corrected chi connectivity index (χ3v) is 3.69. The van der Waals surface area contributed by atoms with Crippen molar-refractivity contribution in [3.8, 4) is 0 Å². The van der Waals surface area contributed by atoms with Crippen LogP contribution >= 0.6 is 0 Å². The van der Waals surface area contributed by atoms with Crippen LogP contribution in [0, 0.1) is 20.8 Å². The summed E-state index contributed by atoms with van der Waals surface area (Å²) in [6, 6.07) is 9.21. The molecule has 1 atom stereocenters. The molecule has 112 valence electrons. The minimum Gasteiger partial charge on any atom is -0.320 e. The second-order valence-corrected chi connectivity index (χ2v) is 5.41. The normalized spacial score (nSPS) is 13.3. The van der Waals surface area contributed by atoms with Gasteiger partial charge in [0, 0.05) is 0 Å². The summed E-state index contributed by atoms with van der Waals surface area (Å²) in [5.74, 6) is 0. The minimum absolute atomic E-state index is 0.423. The predicted octanol–water partition coefficient (Wildman–Crippen LogP) is 4.68. The molecule has 0 spiro atoms. The largest absolute Gasteiger partial charge is 0.416 e. The van der Waals surface area contributed by atoms with Gasteiger partial charge in [0.25, 0.3) is 0 Å². The first kappa shape index (κ1) is 15.6. The first-order valence-corrected chi connectivity index (χ1v) is 6.70. The molecule has 2 aromatic rings. The average Bonchev–Trinajstić information content (AvgIpc) is 2.36. The molecule has 0 aromatic heterocycles. The van der Waals surface area contributed by atoms with Gasteiger partial charge in [0.15, 0.2) is 0 Å². The number of nitrogens with two attached hydrogens (primary N) is 1. The lowest BCUT2D eigenvalue weighted by molar-refractivity contribution is -0.137. The highest BCUT2D eigenvalue weighted by Gasteiger charge is 2.31. The van der Waals surface area contributed by atoms with Crippen LogP contribution in [0.5, 0.6) is 0 Å². The molecule has 1 unspecified atom stereocenters. The van der Waals surface area contributed by atoms with Crippen LogP contribution in [0.4, 0.5) is 13.2 Å². The number of rotatable bonds is 2. The van der Waals surface area contributed by atoms with Gasteiger partial charge in [0.1, 0.15) is 0 Å². The van der Waals surface area contributed by atoms with Gasteiger partial charge in [-0.1, -0.05) is 29.8 Å². The number of alkyl halides is 3. The molecule has 0 saturated heterocycles. The summed E-state index contributed by atoms with van der Waals surface area (Å²) in [4.78, 5) is 0. The van der Waals surface area contributed by atoms with Crippen molar-refractivity contribution in [2.24, 2.45) is 5.73 Å². The molecule has 0 amide bonds. The molecule has 0 aliphatic heterocycles. The molecule has 0 aliphatic rings. The van der Waals surface area contributed by atoms with Crippen LogP contribution < -0.4 is 5.73 Å². The number of halogens is 3. The average molecular weight is 293 g/mol. The zero-order valence-corrected chi connectivity index (χ0v) is 12.3. The monoisotopic (exact) mass is 293 g/mol. The molecule has 2 aromatic carbocycles. The van der Waals surface area contributed by atoms with Gasteiger partial charge in [-0.2, -0.15) is 13.2 Å². The Morgan fingerprint density at radius 3 is 1.86 bits per heavy atom. The quantitative estimate of drug-likeness (QED) is 0.855. The number of hydrogen-bond acceptors (Lipinski definition) is 1. The first-order valence-electron chi connectivity index (χ1n) is 6.70. The lowest BCUT2D eigenvalue weighted by Gasteiger charge is -2.19. The minimum atomic E-state index is -4.33. The molecule has 0 aliphatic carbocycles. The Hall–Kier alpha value is -1.81. The molecule has 0 heterocycles. The van der Waals surface area contributed by atoms with E-state index in [4.69, 9.17) is 5.73 Å². The maximum atomic E-state index is 12.7. The van der Waals surface area contributed by atoms with Crippen molar-refractivity contribution >= 4 is 0 Å². The molecule has 1 nitrogen and oxygen atoms in total. The first-order chi connectivity index (χ1) is 9.70. The highest BCUT2D eigenvalue weighted by Crippen LogP contribution is 2.33. The second-order valence-electron chi connectivity index (χ2n) is 5.41. The van der Waals surface area contributed by atoms with E-state index < -0.39 is 17.8 Å². The van der Waals surface area contributed by atoms with E-state index in [1.54, 1.807) is 6.92 Å². The second kappa shape index (κ2) is 5.53. The zero-order valence-electron chi connectivity index (χ0n) is 12.3. The van der Waals surface area contributed by atoms with E-state index in [0.717, 1.165) is 34.4 Å². The van der Waals surface area contributed by atoms with Gasteiger partial charge in [-0.15, -0.1) is 0 Å². The summed E-state index contributed by atoms with van der Waals surface area (Å²) in [5, 5.41) is 0. The molecule has 0 fully saturated rings. The van der Waals surface area contributed by atoms with Gasteiger partial charge in [-0.25, -0.2) is 0 Å². The van der Waals surface area contributed by atoms with Crippen LogP contribution in [0.25, 0.3) is 0 Å². The summed E-state index contributed by atoms with van der Waals surface area (Å²) in [5.41, 5.74) is 9.98. The number of aryl methyl sites for hydroxylation is 3. The molecule has 21 heavy (non-hydrogen) atoms. The van der Waals surface area contributed by atoms with Crippen LogP contribution in [-0.2, 0) is 6.18 Å². The van der Waals surface area contributed by atoms with Crippen molar-refractivity contribution in [1.82, 2.24) is 0 Å². The van der Waals surface area contributed by atoms with Crippen LogP contribution in [-0.4, -0.2) is 0 Å². The van der Waals surface area contributed by atoms with Crippen LogP contribution in [0.3, 0.4) is 0 Å². The Labute approximate surface area is 122 Å². The summed E-state index contributed by atoms with van der Waals surface area (Å²) in [6.45, 7) is 5.61. The van der Waals surface area contributed by atoms with Crippen molar-refractivity contribution in [2.75, 3.05) is 0 Å². The van der Waals surface area contributed by atoms with Gasteiger partial charge in [-0.05, 0) is 55.2 Å². The van der Waals surface area contributed by atoms with Crippen molar-refractivity contribution in [3.05, 3.63) is 69.8 Å². The lowest BCUT2D eigenvalue weighted by atomic mass is 9.91. The standard InChI is InChI=1S/C17H18F3N/c1-10-4-6-14(11(2)8-10)16(21)15-7-5-13(9-12(15)3)17(18,19)20/h4-9,16H,21H2,1-3H3. The van der Waals surface area contributed by atoms with Crippen molar-refractivity contribution in [2.45, 2.75) is 33.0 Å². The Morgan fingerprint density at radius 2 is 1.38 bits per heavy atom. The number of hydrogen-bond donors (Lipinski definition) is 1. The van der Waals surface area contributed by atoms with E-state index in [2.05, 4.69) is 0 Å². The summed E-state index contributed by atoms with van der Waals surface area (Å²) in [6.07, 6.45) is -4.33. The maximum Gasteiger partial charge on any atom is 0.416 e. The molecule has 2 rings (SSSR count). The highest BCUT2D eigenvalue weighted by molar-refractivity contribution is 5.43. The molecular formula is C17H18F3N. The fraction of sp³-hybridized carbons (Fsp3) is 0.294. The third-order valence-electron chi connectivity index (χ3n) is 3.69. The number of benzene rings is 2. The van der Waals surface area contributed by atoms with Gasteiger partial charge in [0.05, 0.1) is 11.6 Å². The van der Waals surface area contributed by atoms with Gasteiger partial charge in [-0.3, -0.25) is 0 Å². The zero-order chi connectivity index (χ0) is 15.8. The molecule has 2 N–H and O–H groups in total. The molecule has 0 saturated carbocycles. The van der Waals surface area contributed by atoms with Gasteiger partial charge < -0.3 is 5.73 Å². The fourth-order valence-corrected chi connectivity index (χ4v) is 2.54. The Kier molecular flexibility index (Phi) is 4.10. The summed E-state index contributed by atoms with van der Waals surface area (Å²) in [7, 11) is 0. The Balaban J connectivity index is 2.42. The predicted molar refractivity (Wildman–Crippen MR) is 78.1 cm³/mol. The van der Waals surface area contributed by atoms with Crippen LogP contribution in [0.2, 0.25) is 0 Å². The van der Waals surface area contributed by atoms with E-state index in [-0.39, 0.29) is 0 Å². The van der Waals surface area contributed by atoms with Gasteiger partial charge >= 0.3 is 6.18 Å². The van der Waals surface area contributed by atoms with E-state index in [1.165, 1.54) is 6.07 Å². The topological polar surface area (TPSA) is 26.0 Å². The third kappa shape index (κ3) is 3.27. The van der Waals surface area contributed by atoms with Crippen molar-refractivity contribution < 1.29 is 13.2 Å². The van der Waals surface area contributed by atoms with E-state index in [1.807, 2.05) is 32.0 Å². The van der Waals surface area contributed by atoms with E-state index in [0.29, 0.717) is 5.56 Å². The summed E-state index contributed by atoms with van der Waals surface area (Å²) >= 11 is 0.